The van der Waals surface area contributed by atoms with Crippen LogP contribution in [0.2, 0.25) is 0 Å². The van der Waals surface area contributed by atoms with Gasteiger partial charge in [0.1, 0.15) is 0 Å². The summed E-state index contributed by atoms with van der Waals surface area (Å²) in [7, 11) is 6.00. The molecule has 6 heteroatoms. The maximum absolute atomic E-state index is 4.89. The normalized spacial score (nSPS) is 10.8. The molecule has 0 atom stereocenters. The molecule has 0 unspecified atom stereocenters. The van der Waals surface area contributed by atoms with Gasteiger partial charge >= 0.3 is 33.3 Å². The van der Waals surface area contributed by atoms with E-state index in [1.807, 2.05) is 0 Å². The fourth-order valence-corrected chi connectivity index (χ4v) is 1.73. The summed E-state index contributed by atoms with van der Waals surface area (Å²) in [5.74, 6) is 0. The topological polar surface area (TPSA) is 36.9 Å². The van der Waals surface area contributed by atoms with Crippen LogP contribution in [0.4, 0.5) is 0 Å². The molecular formula is C4H12AlLiO4. The van der Waals surface area contributed by atoms with E-state index >= 15 is 0 Å². The van der Waals surface area contributed by atoms with Crippen LogP contribution in [0.5, 0.6) is 0 Å². The van der Waals surface area contributed by atoms with Crippen LogP contribution in [0.15, 0.2) is 0 Å². The van der Waals surface area contributed by atoms with E-state index in [4.69, 9.17) is 15.2 Å². The van der Waals surface area contributed by atoms with Gasteiger partial charge in [-0.05, 0) is 28.4 Å². The largest absolute Gasteiger partial charge is 1.00 e. The third-order valence-corrected chi connectivity index (χ3v) is 3.46. The first-order chi connectivity index (χ1) is 4.24. The summed E-state index contributed by atoms with van der Waals surface area (Å²) < 4.78 is 19.5. The van der Waals surface area contributed by atoms with Crippen LogP contribution in [0.3, 0.4) is 0 Å². The van der Waals surface area contributed by atoms with E-state index in [1.54, 1.807) is 0 Å². The number of rotatable bonds is 4. The summed E-state index contributed by atoms with van der Waals surface area (Å²) in [4.78, 5) is 0. The van der Waals surface area contributed by atoms with Gasteiger partial charge in [0.05, 0.1) is 0 Å². The fourth-order valence-electron chi connectivity index (χ4n) is 0.577. The van der Waals surface area contributed by atoms with E-state index in [1.165, 1.54) is 28.4 Å². The van der Waals surface area contributed by atoms with Crippen molar-refractivity contribution in [3.8, 4) is 0 Å². The number of hydrogen-bond donors (Lipinski definition) is 0. The summed E-state index contributed by atoms with van der Waals surface area (Å²) in [5, 5.41) is 0. The SMILES string of the molecule is [11CH3][O][Al-]([O][11CH3])([O][11CH3])[O][11CH3].[Li+]. The summed E-state index contributed by atoms with van der Waals surface area (Å²) >= 11 is -2.96. The Labute approximate surface area is 77.0 Å². The van der Waals surface area contributed by atoms with E-state index in [0.717, 1.165) is 0 Å². The van der Waals surface area contributed by atoms with Crippen molar-refractivity contribution in [2.24, 2.45) is 0 Å². The van der Waals surface area contributed by atoms with Crippen molar-refractivity contribution in [2.45, 2.75) is 0 Å². The molecule has 0 aromatic heterocycles. The molecule has 0 fully saturated rings. The van der Waals surface area contributed by atoms with Gasteiger partial charge in [-0.15, -0.1) is 0 Å². The third-order valence-electron chi connectivity index (χ3n) is 1.15. The monoisotopic (exact) mass is 154 g/mol. The Hall–Kier alpha value is 0.970. The van der Waals surface area contributed by atoms with Crippen LogP contribution in [0.25, 0.3) is 0 Å². The summed E-state index contributed by atoms with van der Waals surface area (Å²) in [5.41, 5.74) is 0. The predicted molar refractivity (Wildman–Crippen MR) is 33.8 cm³/mol. The summed E-state index contributed by atoms with van der Waals surface area (Å²) in [6.45, 7) is 0. The fraction of sp³-hybridized carbons (Fsp3) is 1.00. The molecule has 0 radical (unpaired) electrons. The maximum atomic E-state index is 4.89. The Morgan fingerprint density at radius 2 is 0.900 bits per heavy atom. The molecule has 0 saturated carbocycles. The van der Waals surface area contributed by atoms with Crippen molar-refractivity contribution in [1.82, 2.24) is 0 Å². The molecule has 0 aromatic carbocycles. The molecule has 0 aromatic rings. The molecule has 0 aliphatic heterocycles. The molecule has 4 nitrogen and oxygen atoms in total. The Morgan fingerprint density at radius 3 is 0.900 bits per heavy atom. The van der Waals surface area contributed by atoms with E-state index in [-0.39, 0.29) is 18.9 Å². The zero-order valence-electron chi connectivity index (χ0n) is 7.21. The average Bonchev–Trinajstić information content (AvgIpc) is 1.95. The van der Waals surface area contributed by atoms with E-state index in [9.17, 15) is 0 Å². The molecule has 56 valence electrons. The summed E-state index contributed by atoms with van der Waals surface area (Å²) in [6, 6.07) is 0. The van der Waals surface area contributed by atoms with E-state index in [0.29, 0.717) is 0 Å². The number of hydrogen-bond acceptors (Lipinski definition) is 4. The van der Waals surface area contributed by atoms with Gasteiger partial charge in [0.25, 0.3) is 0 Å². The maximum Gasteiger partial charge on any atom is 1.00 e. The van der Waals surface area contributed by atoms with E-state index < -0.39 is 14.4 Å². The standard InChI is InChI=1S/4CH3O.Al.Li/c4*1-2;;/h4*1H3;;/q4*-1;+3;+1/i4*1-1;;. The van der Waals surface area contributed by atoms with Gasteiger partial charge in [-0.2, -0.15) is 0 Å². The van der Waals surface area contributed by atoms with Crippen LogP contribution in [-0.4, -0.2) is 42.9 Å². The van der Waals surface area contributed by atoms with Crippen molar-refractivity contribution in [3.63, 3.8) is 0 Å². The Kier molecular flexibility index (Phi) is 9.03. The Morgan fingerprint density at radius 1 is 0.700 bits per heavy atom. The van der Waals surface area contributed by atoms with Crippen molar-refractivity contribution in [2.75, 3.05) is 28.4 Å². The summed E-state index contributed by atoms with van der Waals surface area (Å²) in [6.07, 6.45) is 0. The van der Waals surface area contributed by atoms with Crippen molar-refractivity contribution in [3.05, 3.63) is 0 Å². The molecule has 0 saturated heterocycles. The average molecular weight is 154 g/mol. The Balaban J connectivity index is 0. The van der Waals surface area contributed by atoms with Crippen molar-refractivity contribution >= 4 is 14.4 Å². The second kappa shape index (κ2) is 6.67. The van der Waals surface area contributed by atoms with Crippen LogP contribution >= 0.6 is 0 Å². The molecule has 0 rings (SSSR count). The van der Waals surface area contributed by atoms with Gasteiger partial charge < -0.3 is 15.2 Å². The van der Waals surface area contributed by atoms with Crippen LogP contribution < -0.4 is 18.9 Å². The van der Waals surface area contributed by atoms with Gasteiger partial charge in [-0.25, -0.2) is 0 Å². The molecule has 0 N–H and O–H groups in total. The second-order valence-electron chi connectivity index (χ2n) is 1.52. The minimum absolute atomic E-state index is 0. The minimum atomic E-state index is -2.96. The first kappa shape index (κ1) is 13.6. The molecule has 0 spiro atoms. The van der Waals surface area contributed by atoms with Crippen molar-refractivity contribution in [1.29, 1.82) is 0 Å². The smallest absolute Gasteiger partial charge is 0.589 e. The molecule has 0 amide bonds. The first-order valence-electron chi connectivity index (χ1n) is 2.58. The molecule has 0 bridgehead atoms. The second-order valence-corrected chi connectivity index (χ2v) is 4.56. The quantitative estimate of drug-likeness (QED) is 0.405. The van der Waals surface area contributed by atoms with Crippen LogP contribution in [-0.2, 0) is 15.2 Å². The molecule has 10 heavy (non-hydrogen) atoms. The minimum Gasteiger partial charge on any atom is -0.589 e. The molecule has 0 heterocycles. The van der Waals surface area contributed by atoms with Crippen molar-refractivity contribution < 1.29 is 34.0 Å². The van der Waals surface area contributed by atoms with Gasteiger partial charge in [0.15, 0.2) is 0 Å². The van der Waals surface area contributed by atoms with Crippen LogP contribution in [0.1, 0.15) is 0 Å². The van der Waals surface area contributed by atoms with Gasteiger partial charge in [-0.3, -0.25) is 0 Å². The zero-order valence-corrected chi connectivity index (χ0v) is 8.37. The van der Waals surface area contributed by atoms with Crippen LogP contribution in [0, 0.1) is 0 Å². The predicted octanol–water partition coefficient (Wildman–Crippen LogP) is -2.99. The zero-order chi connectivity index (χ0) is 7.33. The molecule has 0 aliphatic rings. The van der Waals surface area contributed by atoms with Gasteiger partial charge in [0.2, 0.25) is 0 Å². The Bertz CT molecular complexity index is 60.1. The first-order valence-corrected chi connectivity index (χ1v) is 4.46. The van der Waals surface area contributed by atoms with Gasteiger partial charge in [-0.1, -0.05) is 0 Å². The van der Waals surface area contributed by atoms with E-state index in [2.05, 4.69) is 0 Å². The molecular weight excluding hydrogens is 142 g/mol. The molecule has 0 aliphatic carbocycles. The third kappa shape index (κ3) is 3.39. The van der Waals surface area contributed by atoms with Gasteiger partial charge in [0, 0.05) is 0 Å².